The first-order chi connectivity index (χ1) is 10.1. The maximum atomic E-state index is 12.2. The Morgan fingerprint density at radius 2 is 2.24 bits per heavy atom. The molecule has 1 saturated heterocycles. The van der Waals surface area contributed by atoms with Gasteiger partial charge in [-0.15, -0.1) is 0 Å². The Morgan fingerprint density at radius 3 is 2.95 bits per heavy atom. The molecule has 4 nitrogen and oxygen atoms in total. The van der Waals surface area contributed by atoms with Crippen molar-refractivity contribution in [1.29, 1.82) is 0 Å². The Balaban J connectivity index is 1.71. The van der Waals surface area contributed by atoms with Gasteiger partial charge in [0.2, 0.25) is 5.91 Å². The number of likely N-dealkylation sites (tertiary alicyclic amines) is 1. The number of rotatable bonds is 5. The predicted octanol–water partition coefficient (Wildman–Crippen LogP) is 2.95. The van der Waals surface area contributed by atoms with Gasteiger partial charge in [-0.25, -0.2) is 0 Å². The highest BCUT2D eigenvalue weighted by Gasteiger charge is 2.26. The van der Waals surface area contributed by atoms with Crippen LogP contribution in [-0.2, 0) is 4.79 Å². The molecule has 1 heterocycles. The number of para-hydroxylation sites is 1. The van der Waals surface area contributed by atoms with Crippen molar-refractivity contribution >= 4 is 21.8 Å². The zero-order valence-electron chi connectivity index (χ0n) is 12.4. The van der Waals surface area contributed by atoms with Crippen LogP contribution in [0.3, 0.4) is 0 Å². The van der Waals surface area contributed by atoms with Crippen LogP contribution in [0.4, 0.5) is 0 Å². The molecule has 5 heteroatoms. The summed E-state index contributed by atoms with van der Waals surface area (Å²) in [4.78, 5) is 14.2. The maximum absolute atomic E-state index is 12.2. The average Bonchev–Trinajstić information content (AvgIpc) is 2.45. The number of piperidine rings is 1. The summed E-state index contributed by atoms with van der Waals surface area (Å²) in [7, 11) is 0. The molecule has 2 N–H and O–H groups in total. The highest BCUT2D eigenvalue weighted by molar-refractivity contribution is 9.10. The lowest BCUT2D eigenvalue weighted by Crippen LogP contribution is -2.48. The van der Waals surface area contributed by atoms with Gasteiger partial charge >= 0.3 is 0 Å². The lowest BCUT2D eigenvalue weighted by Gasteiger charge is -2.36. The first-order valence-electron chi connectivity index (χ1n) is 7.50. The molecule has 2 atom stereocenters. The molecule has 1 fully saturated rings. The smallest absolute Gasteiger partial charge is 0.222 e. The molecule has 116 valence electrons. The summed E-state index contributed by atoms with van der Waals surface area (Å²) in [5, 5.41) is 0. The molecule has 0 unspecified atom stereocenters. The minimum absolute atomic E-state index is 0.213. The second-order valence-electron chi connectivity index (χ2n) is 5.60. The van der Waals surface area contributed by atoms with Gasteiger partial charge in [0.05, 0.1) is 11.1 Å². The molecule has 0 bridgehead atoms. The van der Waals surface area contributed by atoms with E-state index in [1.807, 2.05) is 29.2 Å². The minimum atomic E-state index is 0.213. The molecule has 1 aromatic carbocycles. The van der Waals surface area contributed by atoms with Crippen LogP contribution in [-0.4, -0.2) is 36.0 Å². The molecule has 0 saturated carbocycles. The fourth-order valence-electron chi connectivity index (χ4n) is 2.69. The number of halogens is 1. The summed E-state index contributed by atoms with van der Waals surface area (Å²) in [6, 6.07) is 8.24. The van der Waals surface area contributed by atoms with Gasteiger partial charge < -0.3 is 15.4 Å². The van der Waals surface area contributed by atoms with Gasteiger partial charge in [0.15, 0.2) is 0 Å². The van der Waals surface area contributed by atoms with Gasteiger partial charge in [-0.2, -0.15) is 0 Å². The largest absolute Gasteiger partial charge is 0.492 e. The van der Waals surface area contributed by atoms with Crippen molar-refractivity contribution < 1.29 is 9.53 Å². The zero-order valence-corrected chi connectivity index (χ0v) is 14.0. The van der Waals surface area contributed by atoms with Crippen LogP contribution >= 0.6 is 15.9 Å². The predicted molar refractivity (Wildman–Crippen MR) is 87.3 cm³/mol. The Labute approximate surface area is 134 Å². The molecule has 1 aliphatic heterocycles. The number of amides is 1. The first-order valence-corrected chi connectivity index (χ1v) is 8.29. The SMILES string of the molecule is C[C@@H]1C[C@H](N)CCN1C(=O)CCCOc1ccccc1Br. The third kappa shape index (κ3) is 4.71. The van der Waals surface area contributed by atoms with Gasteiger partial charge in [0.25, 0.3) is 0 Å². The van der Waals surface area contributed by atoms with Gasteiger partial charge in [0, 0.05) is 25.0 Å². The Morgan fingerprint density at radius 1 is 1.48 bits per heavy atom. The van der Waals surface area contributed by atoms with Crippen LogP contribution in [0.2, 0.25) is 0 Å². The second kappa shape index (κ2) is 7.80. The molecule has 0 aliphatic carbocycles. The first kappa shape index (κ1) is 16.3. The van der Waals surface area contributed by atoms with E-state index in [0.717, 1.165) is 36.0 Å². The highest BCUT2D eigenvalue weighted by atomic mass is 79.9. The third-order valence-corrected chi connectivity index (χ3v) is 4.52. The van der Waals surface area contributed by atoms with Crippen LogP contribution in [0.25, 0.3) is 0 Å². The van der Waals surface area contributed by atoms with Crippen molar-refractivity contribution in [2.75, 3.05) is 13.2 Å². The topological polar surface area (TPSA) is 55.6 Å². The number of hydrogen-bond acceptors (Lipinski definition) is 3. The van der Waals surface area contributed by atoms with Crippen LogP contribution in [0, 0.1) is 0 Å². The van der Waals surface area contributed by atoms with Crippen molar-refractivity contribution in [3.63, 3.8) is 0 Å². The van der Waals surface area contributed by atoms with Gasteiger partial charge in [-0.1, -0.05) is 12.1 Å². The fraction of sp³-hybridized carbons (Fsp3) is 0.562. The normalized spacial score (nSPS) is 22.1. The van der Waals surface area contributed by atoms with Crippen LogP contribution in [0.1, 0.15) is 32.6 Å². The van der Waals surface area contributed by atoms with E-state index in [-0.39, 0.29) is 18.0 Å². The molecule has 0 aromatic heterocycles. The van der Waals surface area contributed by atoms with E-state index in [4.69, 9.17) is 10.5 Å². The molecule has 21 heavy (non-hydrogen) atoms. The van der Waals surface area contributed by atoms with E-state index in [1.54, 1.807) is 0 Å². The average molecular weight is 355 g/mol. The quantitative estimate of drug-likeness (QED) is 0.827. The Kier molecular flexibility index (Phi) is 6.06. The van der Waals surface area contributed by atoms with Crippen molar-refractivity contribution in [1.82, 2.24) is 4.90 Å². The number of hydrogen-bond donors (Lipinski definition) is 1. The summed E-state index contributed by atoms with van der Waals surface area (Å²) in [6.45, 7) is 3.41. The summed E-state index contributed by atoms with van der Waals surface area (Å²) in [5.41, 5.74) is 5.93. The number of nitrogens with zero attached hydrogens (tertiary/aromatic N) is 1. The third-order valence-electron chi connectivity index (χ3n) is 3.87. The molecular weight excluding hydrogens is 332 g/mol. The Bertz CT molecular complexity index is 481. The lowest BCUT2D eigenvalue weighted by molar-refractivity contribution is -0.134. The molecule has 0 radical (unpaired) electrons. The van der Waals surface area contributed by atoms with E-state index in [0.29, 0.717) is 13.0 Å². The van der Waals surface area contributed by atoms with Crippen molar-refractivity contribution in [2.45, 2.75) is 44.7 Å². The molecule has 1 aromatic rings. The summed E-state index contributed by atoms with van der Waals surface area (Å²) >= 11 is 3.44. The fourth-order valence-corrected chi connectivity index (χ4v) is 3.09. The minimum Gasteiger partial charge on any atom is -0.492 e. The van der Waals surface area contributed by atoms with Gasteiger partial charge in [-0.05, 0) is 54.2 Å². The monoisotopic (exact) mass is 354 g/mol. The van der Waals surface area contributed by atoms with Crippen LogP contribution in [0.15, 0.2) is 28.7 Å². The molecular formula is C16H23BrN2O2. The summed E-state index contributed by atoms with van der Waals surface area (Å²) in [5.74, 6) is 1.03. The van der Waals surface area contributed by atoms with E-state index < -0.39 is 0 Å². The molecule has 0 spiro atoms. The maximum Gasteiger partial charge on any atom is 0.222 e. The molecule has 1 amide bonds. The number of benzene rings is 1. The summed E-state index contributed by atoms with van der Waals surface area (Å²) in [6.07, 6.45) is 3.07. The standard InChI is InChI=1S/C16H23BrN2O2/c1-12-11-13(18)8-9-19(12)16(20)7-4-10-21-15-6-3-2-5-14(15)17/h2-3,5-6,12-13H,4,7-11,18H2,1H3/t12-,13-/m1/s1. The second-order valence-corrected chi connectivity index (χ2v) is 6.46. The van der Waals surface area contributed by atoms with Crippen molar-refractivity contribution in [2.24, 2.45) is 5.73 Å². The van der Waals surface area contributed by atoms with E-state index in [1.165, 1.54) is 0 Å². The van der Waals surface area contributed by atoms with Crippen molar-refractivity contribution in [3.05, 3.63) is 28.7 Å². The van der Waals surface area contributed by atoms with E-state index >= 15 is 0 Å². The van der Waals surface area contributed by atoms with Crippen LogP contribution < -0.4 is 10.5 Å². The molecule has 1 aliphatic rings. The molecule has 2 rings (SSSR count). The number of carbonyl (C=O) groups is 1. The van der Waals surface area contributed by atoms with Gasteiger partial charge in [-0.3, -0.25) is 4.79 Å². The highest BCUT2D eigenvalue weighted by Crippen LogP contribution is 2.24. The van der Waals surface area contributed by atoms with Crippen LogP contribution in [0.5, 0.6) is 5.75 Å². The zero-order chi connectivity index (χ0) is 15.2. The lowest BCUT2D eigenvalue weighted by atomic mass is 9.98. The number of nitrogens with two attached hydrogens (primary N) is 1. The van der Waals surface area contributed by atoms with Crippen molar-refractivity contribution in [3.8, 4) is 5.75 Å². The van der Waals surface area contributed by atoms with E-state index in [2.05, 4.69) is 22.9 Å². The number of carbonyl (C=O) groups excluding carboxylic acids is 1. The summed E-state index contributed by atoms with van der Waals surface area (Å²) < 4.78 is 6.62. The van der Waals surface area contributed by atoms with E-state index in [9.17, 15) is 4.79 Å². The van der Waals surface area contributed by atoms with Gasteiger partial charge in [0.1, 0.15) is 5.75 Å². The number of ether oxygens (including phenoxy) is 1. The Hall–Kier alpha value is -1.07.